The summed E-state index contributed by atoms with van der Waals surface area (Å²) in [5.41, 5.74) is 14.3. The number of benzene rings is 6. The van der Waals surface area contributed by atoms with Gasteiger partial charge in [0.05, 0.1) is 0 Å². The highest BCUT2D eigenvalue weighted by Gasteiger charge is 2.13. The molecule has 0 aliphatic heterocycles. The predicted molar refractivity (Wildman–Crippen MR) is 213 cm³/mol. The van der Waals surface area contributed by atoms with Gasteiger partial charge in [-0.05, 0) is 82.0 Å². The summed E-state index contributed by atoms with van der Waals surface area (Å²) < 4.78 is 6.13. The fourth-order valence-electron chi connectivity index (χ4n) is 6.32. The van der Waals surface area contributed by atoms with E-state index in [2.05, 4.69) is 154 Å². The van der Waals surface area contributed by atoms with Crippen molar-refractivity contribution in [2.75, 3.05) is 0 Å². The van der Waals surface area contributed by atoms with Crippen LogP contribution in [-0.4, -0.2) is 0 Å². The van der Waals surface area contributed by atoms with Crippen LogP contribution in [0.2, 0.25) is 0 Å². The van der Waals surface area contributed by atoms with Gasteiger partial charge in [-0.3, -0.25) is 0 Å². The average molecular weight is 637 g/mol. The monoisotopic (exact) mass is 636 g/mol. The molecule has 0 aliphatic rings. The van der Waals surface area contributed by atoms with Crippen LogP contribution in [0.4, 0.5) is 0 Å². The Kier molecular flexibility index (Phi) is 10.8. The van der Waals surface area contributed by atoms with Crippen LogP contribution in [0.25, 0.3) is 60.9 Å². The van der Waals surface area contributed by atoms with Crippen molar-refractivity contribution in [1.82, 2.24) is 0 Å². The van der Waals surface area contributed by atoms with Crippen molar-refractivity contribution in [3.63, 3.8) is 0 Å². The molecule has 1 heterocycles. The number of furan rings is 1. The second-order valence-corrected chi connectivity index (χ2v) is 12.4. The van der Waals surface area contributed by atoms with Crippen molar-refractivity contribution in [3.05, 3.63) is 187 Å². The van der Waals surface area contributed by atoms with Gasteiger partial charge in [0, 0.05) is 10.8 Å². The summed E-state index contributed by atoms with van der Waals surface area (Å²) in [6.07, 6.45) is 7.86. The van der Waals surface area contributed by atoms with Crippen molar-refractivity contribution in [2.45, 2.75) is 40.0 Å². The lowest BCUT2D eigenvalue weighted by Crippen LogP contribution is -1.89. The average Bonchev–Trinajstić information content (AvgIpc) is 3.55. The van der Waals surface area contributed by atoms with Crippen molar-refractivity contribution in [2.24, 2.45) is 0 Å². The highest BCUT2D eigenvalue weighted by Crippen LogP contribution is 2.37. The van der Waals surface area contributed by atoms with Gasteiger partial charge >= 0.3 is 0 Å². The third-order valence-corrected chi connectivity index (χ3v) is 8.83. The third-order valence-electron chi connectivity index (χ3n) is 8.83. The Labute approximate surface area is 291 Å². The Bertz CT molecular complexity index is 2190. The molecule has 0 N–H and O–H groups in total. The first-order valence-electron chi connectivity index (χ1n) is 17.3. The molecule has 0 spiro atoms. The lowest BCUT2D eigenvalue weighted by Gasteiger charge is -2.12. The molecule has 7 rings (SSSR count). The minimum Gasteiger partial charge on any atom is -0.456 e. The highest BCUT2D eigenvalue weighted by molar-refractivity contribution is 6.12. The number of fused-ring (bicyclic) bond motifs is 3. The maximum absolute atomic E-state index is 6.13. The van der Waals surface area contributed by atoms with E-state index in [9.17, 15) is 0 Å². The van der Waals surface area contributed by atoms with Gasteiger partial charge in [0.15, 0.2) is 0 Å². The minimum atomic E-state index is 0.932. The molecule has 0 aliphatic carbocycles. The van der Waals surface area contributed by atoms with Crippen LogP contribution in [0.3, 0.4) is 0 Å². The number of rotatable bonds is 9. The van der Waals surface area contributed by atoms with Gasteiger partial charge in [-0.15, -0.1) is 0 Å². The maximum atomic E-state index is 6.13. The van der Waals surface area contributed by atoms with Gasteiger partial charge in [-0.25, -0.2) is 0 Å². The molecule has 7 aromatic rings. The molecule has 0 atom stereocenters. The molecular formula is C48H44O. The molecule has 0 saturated heterocycles. The van der Waals surface area contributed by atoms with Crippen LogP contribution in [0, 0.1) is 0 Å². The Morgan fingerprint density at radius 3 is 1.82 bits per heavy atom. The Hall–Kier alpha value is -5.66. The maximum Gasteiger partial charge on any atom is 0.136 e. The fraction of sp³-hybridized carbons (Fsp3) is 0.125. The molecule has 49 heavy (non-hydrogen) atoms. The topological polar surface area (TPSA) is 13.1 Å². The first-order chi connectivity index (χ1) is 24.1. The predicted octanol–water partition coefficient (Wildman–Crippen LogP) is 14.3. The normalized spacial score (nSPS) is 11.7. The van der Waals surface area contributed by atoms with Crippen LogP contribution in [0.1, 0.15) is 56.7 Å². The summed E-state index contributed by atoms with van der Waals surface area (Å²) in [6, 6.07) is 53.4. The molecule has 0 amide bonds. The van der Waals surface area contributed by atoms with Gasteiger partial charge in [-0.1, -0.05) is 184 Å². The standard InChI is InChI=1S/C39H34O.C9H10/c1-3-11-33(30-21-19-29(20-22-30)28-13-6-5-7-14-28)27-34(12-4-2)31-23-25-32(26-24-31)35-16-10-18-38-39(35)36-15-8-9-17-37(36)40-38;1-8(2)9-6-4-3-5-7-9/h5-11,13-27H,3-4,12H2,1-2H3;3-7H,1H2,2H3/b33-11-,34-27+;. The molecule has 0 unspecified atom stereocenters. The van der Waals surface area contributed by atoms with Crippen molar-refractivity contribution in [3.8, 4) is 22.3 Å². The van der Waals surface area contributed by atoms with Crippen LogP contribution in [0.15, 0.2) is 175 Å². The molecule has 0 saturated carbocycles. The van der Waals surface area contributed by atoms with E-state index in [1.54, 1.807) is 0 Å². The van der Waals surface area contributed by atoms with E-state index in [0.717, 1.165) is 41.4 Å². The number of allylic oxidation sites excluding steroid dienone is 5. The Morgan fingerprint density at radius 1 is 0.571 bits per heavy atom. The Morgan fingerprint density at radius 2 is 1.16 bits per heavy atom. The smallest absolute Gasteiger partial charge is 0.136 e. The van der Waals surface area contributed by atoms with E-state index >= 15 is 0 Å². The molecule has 242 valence electrons. The van der Waals surface area contributed by atoms with Gasteiger partial charge in [0.2, 0.25) is 0 Å². The van der Waals surface area contributed by atoms with E-state index in [0.29, 0.717) is 0 Å². The molecule has 6 aromatic carbocycles. The molecule has 0 fully saturated rings. The zero-order chi connectivity index (χ0) is 34.0. The van der Waals surface area contributed by atoms with Gasteiger partial charge in [-0.2, -0.15) is 0 Å². The third kappa shape index (κ3) is 7.91. The van der Waals surface area contributed by atoms with E-state index in [1.165, 1.54) is 55.5 Å². The van der Waals surface area contributed by atoms with Crippen molar-refractivity contribution in [1.29, 1.82) is 0 Å². The summed E-state index contributed by atoms with van der Waals surface area (Å²) in [4.78, 5) is 0. The molecule has 0 radical (unpaired) electrons. The first kappa shape index (κ1) is 33.2. The van der Waals surface area contributed by atoms with E-state index in [4.69, 9.17) is 4.42 Å². The first-order valence-corrected chi connectivity index (χ1v) is 17.3. The molecule has 1 nitrogen and oxygen atoms in total. The molecule has 0 bridgehead atoms. The largest absolute Gasteiger partial charge is 0.456 e. The van der Waals surface area contributed by atoms with E-state index in [1.807, 2.05) is 37.3 Å². The van der Waals surface area contributed by atoms with Crippen LogP contribution in [-0.2, 0) is 0 Å². The van der Waals surface area contributed by atoms with Crippen molar-refractivity contribution >= 4 is 38.7 Å². The number of hydrogen-bond acceptors (Lipinski definition) is 1. The van der Waals surface area contributed by atoms with E-state index < -0.39 is 0 Å². The summed E-state index contributed by atoms with van der Waals surface area (Å²) in [5.74, 6) is 0. The van der Waals surface area contributed by atoms with Crippen LogP contribution in [0.5, 0.6) is 0 Å². The van der Waals surface area contributed by atoms with E-state index in [-0.39, 0.29) is 0 Å². The number of para-hydroxylation sites is 1. The lowest BCUT2D eigenvalue weighted by atomic mass is 9.92. The Balaban J connectivity index is 0.000000403. The van der Waals surface area contributed by atoms with Gasteiger partial charge in [0.1, 0.15) is 11.2 Å². The second-order valence-electron chi connectivity index (χ2n) is 12.4. The quantitative estimate of drug-likeness (QED) is 0.144. The van der Waals surface area contributed by atoms with Gasteiger partial charge < -0.3 is 4.42 Å². The zero-order valence-electron chi connectivity index (χ0n) is 28.8. The fourth-order valence-corrected chi connectivity index (χ4v) is 6.32. The number of hydrogen-bond donors (Lipinski definition) is 0. The van der Waals surface area contributed by atoms with Crippen LogP contribution < -0.4 is 0 Å². The van der Waals surface area contributed by atoms with Crippen LogP contribution >= 0.6 is 0 Å². The lowest BCUT2D eigenvalue weighted by molar-refractivity contribution is 0.669. The molecule has 1 aromatic heterocycles. The minimum absolute atomic E-state index is 0.932. The zero-order valence-corrected chi connectivity index (χ0v) is 28.8. The summed E-state index contributed by atoms with van der Waals surface area (Å²) in [6.45, 7) is 10.3. The van der Waals surface area contributed by atoms with Crippen molar-refractivity contribution < 1.29 is 4.42 Å². The second kappa shape index (κ2) is 16.0. The molecule has 1 heteroatoms. The summed E-state index contributed by atoms with van der Waals surface area (Å²) in [7, 11) is 0. The van der Waals surface area contributed by atoms with Gasteiger partial charge in [0.25, 0.3) is 0 Å². The molecular weight excluding hydrogens is 593 g/mol. The SMILES string of the molecule is C=C(C)c1ccccc1.CC/C=C(/C=C(\CCC)c1ccc(-c2cccc3oc4ccccc4c23)cc1)c1ccc(-c2ccccc2)cc1. The summed E-state index contributed by atoms with van der Waals surface area (Å²) >= 11 is 0. The summed E-state index contributed by atoms with van der Waals surface area (Å²) in [5, 5.41) is 2.35. The highest BCUT2D eigenvalue weighted by atomic mass is 16.3.